The summed E-state index contributed by atoms with van der Waals surface area (Å²) in [5, 5.41) is 2.69. The summed E-state index contributed by atoms with van der Waals surface area (Å²) >= 11 is 0. The van der Waals surface area contributed by atoms with Crippen molar-refractivity contribution in [2.75, 3.05) is 0 Å². The van der Waals surface area contributed by atoms with Crippen LogP contribution in [-0.4, -0.2) is 23.0 Å². The van der Waals surface area contributed by atoms with Gasteiger partial charge in [0.15, 0.2) is 0 Å². The van der Waals surface area contributed by atoms with E-state index in [1.54, 1.807) is 0 Å². The van der Waals surface area contributed by atoms with Crippen LogP contribution in [0.1, 0.15) is 31.2 Å². The van der Waals surface area contributed by atoms with Crippen LogP contribution < -0.4 is 5.73 Å². The lowest BCUT2D eigenvalue weighted by Crippen LogP contribution is -2.46. The van der Waals surface area contributed by atoms with Crippen LogP contribution in [0.2, 0.25) is 0 Å². The molecule has 2 aromatic carbocycles. The molecule has 4 rings (SSSR count). The Balaban J connectivity index is 1.58. The average molecular weight is 266 g/mol. The lowest BCUT2D eigenvalue weighted by atomic mass is 9.97. The van der Waals surface area contributed by atoms with Crippen molar-refractivity contribution < 1.29 is 0 Å². The Morgan fingerprint density at radius 1 is 0.950 bits per heavy atom. The number of fused-ring (bicyclic) bond motifs is 3. The van der Waals surface area contributed by atoms with Crippen LogP contribution >= 0.6 is 0 Å². The largest absolute Gasteiger partial charge is 0.328 e. The van der Waals surface area contributed by atoms with Crippen LogP contribution in [0.25, 0.3) is 10.8 Å². The molecule has 2 heteroatoms. The Labute approximate surface area is 120 Å². The Morgan fingerprint density at radius 2 is 1.65 bits per heavy atom. The zero-order chi connectivity index (χ0) is 13.5. The number of rotatable bonds is 2. The second-order valence-corrected chi connectivity index (χ2v) is 6.47. The van der Waals surface area contributed by atoms with Gasteiger partial charge < -0.3 is 5.73 Å². The smallest absolute Gasteiger partial charge is 0.0239 e. The summed E-state index contributed by atoms with van der Waals surface area (Å²) in [4.78, 5) is 2.70. The SMILES string of the molecule is NC1CC2CCC(C1)N2Cc1ccc2ccccc2c1. The van der Waals surface area contributed by atoms with E-state index in [2.05, 4.69) is 47.4 Å². The summed E-state index contributed by atoms with van der Waals surface area (Å²) < 4.78 is 0. The van der Waals surface area contributed by atoms with Crippen molar-refractivity contribution in [2.24, 2.45) is 5.73 Å². The Hall–Kier alpha value is -1.38. The fraction of sp³-hybridized carbons (Fsp3) is 0.444. The first-order valence-corrected chi connectivity index (χ1v) is 7.78. The van der Waals surface area contributed by atoms with E-state index < -0.39 is 0 Å². The molecule has 2 fully saturated rings. The molecule has 104 valence electrons. The molecular weight excluding hydrogens is 244 g/mol. The van der Waals surface area contributed by atoms with Gasteiger partial charge in [0.25, 0.3) is 0 Å². The highest BCUT2D eigenvalue weighted by Gasteiger charge is 2.39. The van der Waals surface area contributed by atoms with Crippen LogP contribution in [0.3, 0.4) is 0 Å². The van der Waals surface area contributed by atoms with E-state index in [1.165, 1.54) is 42.0 Å². The topological polar surface area (TPSA) is 29.3 Å². The highest BCUT2D eigenvalue weighted by Crippen LogP contribution is 2.36. The van der Waals surface area contributed by atoms with E-state index in [-0.39, 0.29) is 0 Å². The van der Waals surface area contributed by atoms with Crippen LogP contribution in [0.4, 0.5) is 0 Å². The summed E-state index contributed by atoms with van der Waals surface area (Å²) in [5.74, 6) is 0. The molecule has 0 aliphatic carbocycles. The molecule has 0 spiro atoms. The Kier molecular flexibility index (Phi) is 3.01. The molecule has 2 aliphatic heterocycles. The first kappa shape index (κ1) is 12.4. The van der Waals surface area contributed by atoms with Gasteiger partial charge in [-0.15, -0.1) is 0 Å². The molecular formula is C18H22N2. The van der Waals surface area contributed by atoms with E-state index in [9.17, 15) is 0 Å². The van der Waals surface area contributed by atoms with Crippen molar-refractivity contribution >= 4 is 10.8 Å². The summed E-state index contributed by atoms with van der Waals surface area (Å²) in [7, 11) is 0. The van der Waals surface area contributed by atoms with Crippen LogP contribution in [0.15, 0.2) is 42.5 Å². The van der Waals surface area contributed by atoms with Gasteiger partial charge in [0.05, 0.1) is 0 Å². The third-order valence-corrected chi connectivity index (χ3v) is 5.10. The summed E-state index contributed by atoms with van der Waals surface area (Å²) in [6, 6.07) is 17.4. The number of hydrogen-bond donors (Lipinski definition) is 1. The average Bonchev–Trinajstić information content (AvgIpc) is 2.70. The second-order valence-electron chi connectivity index (χ2n) is 6.47. The Bertz CT molecular complexity index is 608. The monoisotopic (exact) mass is 266 g/mol. The van der Waals surface area contributed by atoms with Crippen molar-refractivity contribution in [3.05, 3.63) is 48.0 Å². The van der Waals surface area contributed by atoms with Gasteiger partial charge in [0, 0.05) is 24.7 Å². The van der Waals surface area contributed by atoms with Crippen molar-refractivity contribution in [2.45, 2.75) is 50.4 Å². The zero-order valence-corrected chi connectivity index (χ0v) is 11.8. The van der Waals surface area contributed by atoms with Gasteiger partial charge in [-0.1, -0.05) is 36.4 Å². The second kappa shape index (κ2) is 4.87. The molecule has 0 saturated carbocycles. The highest BCUT2D eigenvalue weighted by atomic mass is 15.2. The summed E-state index contributed by atoms with van der Waals surface area (Å²) in [6.07, 6.45) is 5.05. The molecule has 2 nitrogen and oxygen atoms in total. The van der Waals surface area contributed by atoms with Crippen LogP contribution in [0.5, 0.6) is 0 Å². The Morgan fingerprint density at radius 3 is 2.40 bits per heavy atom. The lowest BCUT2D eigenvalue weighted by Gasteiger charge is -2.37. The minimum atomic E-state index is 0.431. The van der Waals surface area contributed by atoms with Gasteiger partial charge in [-0.2, -0.15) is 0 Å². The van der Waals surface area contributed by atoms with E-state index in [4.69, 9.17) is 5.73 Å². The maximum absolute atomic E-state index is 6.16. The molecule has 0 aromatic heterocycles. The minimum absolute atomic E-state index is 0.431. The molecule has 0 radical (unpaired) electrons. The van der Waals surface area contributed by atoms with Gasteiger partial charge in [0.2, 0.25) is 0 Å². The number of hydrogen-bond acceptors (Lipinski definition) is 2. The third kappa shape index (κ3) is 2.13. The van der Waals surface area contributed by atoms with E-state index in [0.29, 0.717) is 6.04 Å². The maximum atomic E-state index is 6.16. The van der Waals surface area contributed by atoms with E-state index in [0.717, 1.165) is 18.6 Å². The number of nitrogens with two attached hydrogens (primary N) is 1. The fourth-order valence-electron chi connectivity index (χ4n) is 4.12. The molecule has 2 aliphatic rings. The van der Waals surface area contributed by atoms with Crippen LogP contribution in [-0.2, 0) is 6.54 Å². The van der Waals surface area contributed by atoms with Gasteiger partial charge in [-0.3, -0.25) is 4.90 Å². The molecule has 0 amide bonds. The lowest BCUT2D eigenvalue weighted by molar-refractivity contribution is 0.120. The fourth-order valence-corrected chi connectivity index (χ4v) is 4.12. The summed E-state index contributed by atoms with van der Waals surface area (Å²) in [6.45, 7) is 1.09. The number of piperidine rings is 1. The standard InChI is InChI=1S/C18H22N2/c19-16-10-17-7-8-18(11-16)20(17)12-13-5-6-14-3-1-2-4-15(14)9-13/h1-6,9,16-18H,7-8,10-12,19H2. The first-order chi connectivity index (χ1) is 9.79. The highest BCUT2D eigenvalue weighted by molar-refractivity contribution is 5.82. The van der Waals surface area contributed by atoms with E-state index >= 15 is 0 Å². The van der Waals surface area contributed by atoms with Crippen molar-refractivity contribution in [3.63, 3.8) is 0 Å². The molecule has 2 bridgehead atoms. The van der Waals surface area contributed by atoms with Gasteiger partial charge >= 0.3 is 0 Å². The molecule has 2 saturated heterocycles. The third-order valence-electron chi connectivity index (χ3n) is 5.10. The van der Waals surface area contributed by atoms with Gasteiger partial charge in [-0.05, 0) is 48.1 Å². The quantitative estimate of drug-likeness (QED) is 0.903. The van der Waals surface area contributed by atoms with Crippen LogP contribution in [0, 0.1) is 0 Å². The molecule has 2 atom stereocenters. The summed E-state index contributed by atoms with van der Waals surface area (Å²) in [5.41, 5.74) is 7.60. The van der Waals surface area contributed by atoms with Gasteiger partial charge in [-0.25, -0.2) is 0 Å². The van der Waals surface area contributed by atoms with Crippen molar-refractivity contribution in [3.8, 4) is 0 Å². The van der Waals surface area contributed by atoms with Gasteiger partial charge in [0.1, 0.15) is 0 Å². The molecule has 2 unspecified atom stereocenters. The minimum Gasteiger partial charge on any atom is -0.328 e. The van der Waals surface area contributed by atoms with E-state index in [1.807, 2.05) is 0 Å². The van der Waals surface area contributed by atoms with Crippen molar-refractivity contribution in [1.29, 1.82) is 0 Å². The molecule has 20 heavy (non-hydrogen) atoms. The first-order valence-electron chi connectivity index (χ1n) is 7.78. The predicted octanol–water partition coefficient (Wildman–Crippen LogP) is 3.29. The van der Waals surface area contributed by atoms with Crippen molar-refractivity contribution in [1.82, 2.24) is 4.90 Å². The maximum Gasteiger partial charge on any atom is 0.0239 e. The number of benzene rings is 2. The molecule has 2 N–H and O–H groups in total. The zero-order valence-electron chi connectivity index (χ0n) is 11.8. The molecule has 2 aromatic rings. The predicted molar refractivity (Wildman–Crippen MR) is 83.5 cm³/mol. The number of nitrogens with zero attached hydrogens (tertiary/aromatic N) is 1. The normalized spacial score (nSPS) is 29.9. The molecule has 2 heterocycles.